The van der Waals surface area contributed by atoms with Crippen molar-refractivity contribution in [1.29, 1.82) is 0 Å². The average molecular weight is 260 g/mol. The van der Waals surface area contributed by atoms with Crippen molar-refractivity contribution in [3.63, 3.8) is 0 Å². The van der Waals surface area contributed by atoms with Gasteiger partial charge in [-0.1, -0.05) is 18.2 Å². The maximum absolute atomic E-state index is 12.2. The summed E-state index contributed by atoms with van der Waals surface area (Å²) in [6, 6.07) is 6.71. The highest BCUT2D eigenvalue weighted by molar-refractivity contribution is 5.77. The van der Waals surface area contributed by atoms with E-state index in [1.54, 1.807) is 0 Å². The molecular formula is C16H24N2O. The van der Waals surface area contributed by atoms with Crippen LogP contribution < -0.4 is 5.73 Å². The summed E-state index contributed by atoms with van der Waals surface area (Å²) in [5.41, 5.74) is 9.60. The normalized spacial score (nSPS) is 20.6. The first kappa shape index (κ1) is 14.1. The van der Waals surface area contributed by atoms with E-state index < -0.39 is 0 Å². The Bertz CT molecular complexity index is 468. The molecule has 0 spiro atoms. The summed E-state index contributed by atoms with van der Waals surface area (Å²) in [6.45, 7) is 7.00. The fourth-order valence-corrected chi connectivity index (χ4v) is 2.78. The fraction of sp³-hybridized carbons (Fsp3) is 0.562. The summed E-state index contributed by atoms with van der Waals surface area (Å²) in [5.74, 6) is 0.190. The molecule has 3 nitrogen and oxygen atoms in total. The first-order valence-corrected chi connectivity index (χ1v) is 7.11. The van der Waals surface area contributed by atoms with Gasteiger partial charge in [0.25, 0.3) is 0 Å². The van der Waals surface area contributed by atoms with Crippen molar-refractivity contribution < 1.29 is 4.79 Å². The molecule has 1 aliphatic heterocycles. The third-order valence-corrected chi connectivity index (χ3v) is 3.99. The quantitative estimate of drug-likeness (QED) is 0.908. The Kier molecular flexibility index (Phi) is 4.25. The van der Waals surface area contributed by atoms with Crippen LogP contribution >= 0.6 is 0 Å². The molecule has 1 aromatic rings. The number of aryl methyl sites for hydroxylation is 2. The Labute approximate surface area is 115 Å². The first-order chi connectivity index (χ1) is 8.99. The molecule has 1 heterocycles. The van der Waals surface area contributed by atoms with Crippen molar-refractivity contribution in [2.45, 2.75) is 52.1 Å². The number of nitrogens with two attached hydrogens (primary N) is 1. The topological polar surface area (TPSA) is 46.3 Å². The zero-order valence-corrected chi connectivity index (χ0v) is 12.1. The summed E-state index contributed by atoms with van der Waals surface area (Å²) in [7, 11) is 0. The van der Waals surface area contributed by atoms with Crippen molar-refractivity contribution in [2.24, 2.45) is 5.73 Å². The third kappa shape index (κ3) is 3.16. The largest absolute Gasteiger partial charge is 0.336 e. The molecule has 0 aromatic heterocycles. The number of rotatable bonds is 3. The smallest absolute Gasteiger partial charge is 0.224 e. The van der Waals surface area contributed by atoms with E-state index in [-0.39, 0.29) is 18.0 Å². The summed E-state index contributed by atoms with van der Waals surface area (Å²) < 4.78 is 0. The first-order valence-electron chi connectivity index (χ1n) is 7.11. The van der Waals surface area contributed by atoms with Gasteiger partial charge in [-0.05, 0) is 50.3 Å². The van der Waals surface area contributed by atoms with Crippen molar-refractivity contribution in [3.05, 3.63) is 34.9 Å². The molecule has 1 saturated heterocycles. The van der Waals surface area contributed by atoms with Crippen molar-refractivity contribution >= 4 is 5.91 Å². The zero-order valence-electron chi connectivity index (χ0n) is 12.1. The summed E-state index contributed by atoms with van der Waals surface area (Å²) >= 11 is 0. The van der Waals surface area contributed by atoms with Crippen LogP contribution in [0.25, 0.3) is 0 Å². The Morgan fingerprint density at radius 3 is 2.79 bits per heavy atom. The molecule has 2 atom stereocenters. The summed E-state index contributed by atoms with van der Waals surface area (Å²) in [4.78, 5) is 14.2. The predicted octanol–water partition coefficient (Wildman–Crippen LogP) is 2.70. The molecule has 0 aliphatic carbocycles. The lowest BCUT2D eigenvalue weighted by molar-refractivity contribution is -0.132. The standard InChI is InChI=1S/C16H24N2O/c1-11-6-7-14(9-12(11)2)15-5-4-8-18(15)16(19)10-13(3)17/h6-7,9,13,15H,4-5,8,10,17H2,1-3H3. The van der Waals surface area contributed by atoms with E-state index in [1.165, 1.54) is 16.7 Å². The number of hydrogen-bond donors (Lipinski definition) is 1. The highest BCUT2D eigenvalue weighted by atomic mass is 16.2. The van der Waals surface area contributed by atoms with Crippen LogP contribution in [0.3, 0.4) is 0 Å². The molecule has 2 rings (SSSR count). The van der Waals surface area contributed by atoms with Gasteiger partial charge in [-0.2, -0.15) is 0 Å². The van der Waals surface area contributed by atoms with Gasteiger partial charge < -0.3 is 10.6 Å². The van der Waals surface area contributed by atoms with Gasteiger partial charge in [0, 0.05) is 19.0 Å². The van der Waals surface area contributed by atoms with Crippen LogP contribution in [0, 0.1) is 13.8 Å². The van der Waals surface area contributed by atoms with Gasteiger partial charge in [-0.15, -0.1) is 0 Å². The SMILES string of the molecule is Cc1ccc(C2CCCN2C(=O)CC(C)N)cc1C. The molecule has 1 aliphatic rings. The van der Waals surface area contributed by atoms with Gasteiger partial charge in [-0.25, -0.2) is 0 Å². The van der Waals surface area contributed by atoms with Gasteiger partial charge in [0.15, 0.2) is 0 Å². The molecule has 19 heavy (non-hydrogen) atoms. The van der Waals surface area contributed by atoms with Crippen LogP contribution in [0.2, 0.25) is 0 Å². The monoisotopic (exact) mass is 260 g/mol. The molecule has 2 N–H and O–H groups in total. The summed E-state index contributed by atoms with van der Waals surface area (Å²) in [6.07, 6.45) is 2.59. The summed E-state index contributed by atoms with van der Waals surface area (Å²) in [5, 5.41) is 0. The van der Waals surface area contributed by atoms with E-state index in [4.69, 9.17) is 5.73 Å². The lowest BCUT2D eigenvalue weighted by Crippen LogP contribution is -2.34. The average Bonchev–Trinajstić information content (AvgIpc) is 2.81. The van der Waals surface area contributed by atoms with Gasteiger partial charge >= 0.3 is 0 Å². The van der Waals surface area contributed by atoms with Crippen molar-refractivity contribution in [1.82, 2.24) is 4.90 Å². The number of likely N-dealkylation sites (tertiary alicyclic amines) is 1. The van der Waals surface area contributed by atoms with Crippen LogP contribution in [0.4, 0.5) is 0 Å². The number of amides is 1. The van der Waals surface area contributed by atoms with Crippen molar-refractivity contribution in [3.8, 4) is 0 Å². The van der Waals surface area contributed by atoms with Gasteiger partial charge in [-0.3, -0.25) is 4.79 Å². The Hall–Kier alpha value is -1.35. The Morgan fingerprint density at radius 1 is 1.42 bits per heavy atom. The lowest BCUT2D eigenvalue weighted by Gasteiger charge is -2.26. The van der Waals surface area contributed by atoms with E-state index in [9.17, 15) is 4.79 Å². The van der Waals surface area contributed by atoms with Crippen LogP contribution in [-0.2, 0) is 4.79 Å². The molecule has 0 radical (unpaired) electrons. The molecule has 2 unspecified atom stereocenters. The van der Waals surface area contributed by atoms with Crippen LogP contribution in [0.15, 0.2) is 18.2 Å². The van der Waals surface area contributed by atoms with Gasteiger partial charge in [0.1, 0.15) is 0 Å². The van der Waals surface area contributed by atoms with Gasteiger partial charge in [0.05, 0.1) is 6.04 Å². The molecule has 0 bridgehead atoms. The minimum Gasteiger partial charge on any atom is -0.336 e. The highest BCUT2D eigenvalue weighted by Gasteiger charge is 2.30. The number of carbonyl (C=O) groups is 1. The maximum atomic E-state index is 12.2. The van der Waals surface area contributed by atoms with E-state index in [2.05, 4.69) is 32.0 Å². The van der Waals surface area contributed by atoms with Crippen LogP contribution in [0.5, 0.6) is 0 Å². The molecule has 3 heteroatoms. The number of nitrogens with zero attached hydrogens (tertiary/aromatic N) is 1. The molecule has 1 aromatic carbocycles. The third-order valence-electron chi connectivity index (χ3n) is 3.99. The van der Waals surface area contributed by atoms with E-state index in [0.29, 0.717) is 6.42 Å². The van der Waals surface area contributed by atoms with Crippen LogP contribution in [-0.4, -0.2) is 23.4 Å². The molecule has 104 valence electrons. The molecule has 1 amide bonds. The second-order valence-corrected chi connectivity index (χ2v) is 5.77. The van der Waals surface area contributed by atoms with E-state index in [1.807, 2.05) is 11.8 Å². The molecule has 1 fully saturated rings. The zero-order chi connectivity index (χ0) is 14.0. The van der Waals surface area contributed by atoms with E-state index in [0.717, 1.165) is 19.4 Å². The Balaban J connectivity index is 2.18. The number of benzene rings is 1. The predicted molar refractivity (Wildman–Crippen MR) is 77.9 cm³/mol. The molecular weight excluding hydrogens is 236 g/mol. The number of hydrogen-bond acceptors (Lipinski definition) is 2. The van der Waals surface area contributed by atoms with Gasteiger partial charge in [0.2, 0.25) is 5.91 Å². The number of carbonyl (C=O) groups excluding carboxylic acids is 1. The highest BCUT2D eigenvalue weighted by Crippen LogP contribution is 2.33. The Morgan fingerprint density at radius 2 is 2.16 bits per heavy atom. The second-order valence-electron chi connectivity index (χ2n) is 5.77. The fourth-order valence-electron chi connectivity index (χ4n) is 2.78. The lowest BCUT2D eigenvalue weighted by atomic mass is 9.99. The van der Waals surface area contributed by atoms with E-state index >= 15 is 0 Å². The second kappa shape index (κ2) is 5.74. The minimum atomic E-state index is -0.0616. The van der Waals surface area contributed by atoms with Crippen LogP contribution in [0.1, 0.15) is 48.9 Å². The minimum absolute atomic E-state index is 0.0616. The molecule has 0 saturated carbocycles. The maximum Gasteiger partial charge on any atom is 0.224 e. The van der Waals surface area contributed by atoms with Crippen molar-refractivity contribution in [2.75, 3.05) is 6.54 Å².